The van der Waals surface area contributed by atoms with Crippen LogP contribution in [0.15, 0.2) is 89.8 Å². The number of nitrogens with zero attached hydrogens (tertiary/aromatic N) is 4. The van der Waals surface area contributed by atoms with Crippen LogP contribution in [0.25, 0.3) is 28.0 Å². The molecule has 4 heterocycles. The third-order valence-electron chi connectivity index (χ3n) is 6.29. The average Bonchev–Trinajstić information content (AvgIpc) is 3.57. The molecule has 1 aliphatic rings. The van der Waals surface area contributed by atoms with Crippen molar-refractivity contribution in [2.24, 2.45) is 0 Å². The summed E-state index contributed by atoms with van der Waals surface area (Å²) in [5.74, 6) is 3.08. The van der Waals surface area contributed by atoms with Crippen LogP contribution in [0.3, 0.4) is 0 Å². The Labute approximate surface area is 194 Å². The second kappa shape index (κ2) is 7.18. The molecule has 6 aromatic rings. The number of furan rings is 1. The molecule has 164 valence electrons. The largest absolute Gasteiger partial charge is 0.497 e. The molecular formula is C27H18N4O3. The lowest BCUT2D eigenvalue weighted by atomic mass is 9.83. The zero-order valence-corrected chi connectivity index (χ0v) is 18.2. The van der Waals surface area contributed by atoms with Crippen LogP contribution in [0.5, 0.6) is 17.4 Å². The van der Waals surface area contributed by atoms with Crippen molar-refractivity contribution in [3.05, 3.63) is 102 Å². The monoisotopic (exact) mass is 446 g/mol. The van der Waals surface area contributed by atoms with Crippen molar-refractivity contribution in [3.63, 3.8) is 0 Å². The molecule has 3 aromatic heterocycles. The third-order valence-corrected chi connectivity index (χ3v) is 6.29. The molecule has 1 aliphatic heterocycles. The first-order chi connectivity index (χ1) is 16.8. The zero-order chi connectivity index (χ0) is 22.6. The molecule has 7 rings (SSSR count). The summed E-state index contributed by atoms with van der Waals surface area (Å²) < 4.78 is 19.1. The molecule has 7 nitrogen and oxygen atoms in total. The second-order valence-corrected chi connectivity index (χ2v) is 8.16. The third kappa shape index (κ3) is 2.73. The molecule has 0 fully saturated rings. The van der Waals surface area contributed by atoms with Crippen LogP contribution in [0, 0.1) is 0 Å². The molecule has 0 bridgehead atoms. The van der Waals surface area contributed by atoms with Crippen molar-refractivity contribution in [1.82, 2.24) is 19.6 Å². The predicted octanol–water partition coefficient (Wildman–Crippen LogP) is 5.83. The molecule has 0 saturated heterocycles. The number of benzene rings is 3. The number of methoxy groups -OCH3 is 1. The highest BCUT2D eigenvalue weighted by atomic mass is 16.5. The van der Waals surface area contributed by atoms with Gasteiger partial charge in [0.2, 0.25) is 11.7 Å². The highest BCUT2D eigenvalue weighted by molar-refractivity contribution is 5.91. The van der Waals surface area contributed by atoms with E-state index in [0.717, 1.165) is 39.0 Å². The summed E-state index contributed by atoms with van der Waals surface area (Å²) >= 11 is 0. The van der Waals surface area contributed by atoms with E-state index in [0.29, 0.717) is 23.1 Å². The van der Waals surface area contributed by atoms with E-state index in [1.54, 1.807) is 24.2 Å². The van der Waals surface area contributed by atoms with E-state index >= 15 is 0 Å². The number of rotatable bonds is 3. The minimum absolute atomic E-state index is 0.154. The Bertz CT molecular complexity index is 1670. The molecule has 1 unspecified atom stereocenters. The fourth-order valence-corrected chi connectivity index (χ4v) is 4.70. The molecule has 7 heteroatoms. The standard InChI is InChI=1S/C27H18N4O3/c1-32-18-11-8-17(9-12-18)22-20-13-10-16-5-2-3-6-19(16)24(20)34-27-23(22)26-29-25(21-7-4-14-33-21)30-31(26)15-28-27/h2-15,22H,1H3. The maximum Gasteiger partial charge on any atom is 0.228 e. The summed E-state index contributed by atoms with van der Waals surface area (Å²) in [6.45, 7) is 0. The van der Waals surface area contributed by atoms with E-state index in [1.165, 1.54) is 0 Å². The molecule has 3 aromatic carbocycles. The minimum Gasteiger partial charge on any atom is -0.497 e. The highest BCUT2D eigenvalue weighted by Gasteiger charge is 2.34. The van der Waals surface area contributed by atoms with E-state index < -0.39 is 0 Å². The minimum atomic E-state index is -0.154. The normalized spacial score (nSPS) is 14.6. The first-order valence-electron chi connectivity index (χ1n) is 10.9. The first-order valence-corrected chi connectivity index (χ1v) is 10.9. The van der Waals surface area contributed by atoms with Crippen LogP contribution in [-0.4, -0.2) is 26.7 Å². The fraction of sp³-hybridized carbons (Fsp3) is 0.0741. The van der Waals surface area contributed by atoms with Gasteiger partial charge in [0.05, 0.1) is 18.9 Å². The SMILES string of the molecule is COc1ccc(C2c3ccc4ccccc4c3Oc3ncn4nc(-c5ccco5)nc4c32)cc1. The number of ether oxygens (including phenoxy) is 2. The van der Waals surface area contributed by atoms with Crippen molar-refractivity contribution in [2.75, 3.05) is 7.11 Å². The molecule has 0 N–H and O–H groups in total. The quantitative estimate of drug-likeness (QED) is 0.340. The molecule has 1 atom stereocenters. The Kier molecular flexibility index (Phi) is 3.99. The van der Waals surface area contributed by atoms with Gasteiger partial charge in [-0.25, -0.2) is 14.5 Å². The van der Waals surface area contributed by atoms with Crippen LogP contribution in [0.1, 0.15) is 22.6 Å². The van der Waals surface area contributed by atoms with E-state index in [-0.39, 0.29) is 5.92 Å². The maximum absolute atomic E-state index is 6.46. The lowest BCUT2D eigenvalue weighted by molar-refractivity contribution is 0.414. The van der Waals surface area contributed by atoms with Crippen molar-refractivity contribution in [1.29, 1.82) is 0 Å². The van der Waals surface area contributed by atoms with Crippen LogP contribution in [-0.2, 0) is 0 Å². The number of hydrogen-bond acceptors (Lipinski definition) is 6. The molecule has 0 aliphatic carbocycles. The summed E-state index contributed by atoms with van der Waals surface area (Å²) in [6, 6.07) is 24.2. The van der Waals surface area contributed by atoms with Gasteiger partial charge in [-0.05, 0) is 35.2 Å². The van der Waals surface area contributed by atoms with Gasteiger partial charge in [0.15, 0.2) is 11.4 Å². The summed E-state index contributed by atoms with van der Waals surface area (Å²) in [4.78, 5) is 9.47. The first kappa shape index (κ1) is 18.9. The summed E-state index contributed by atoms with van der Waals surface area (Å²) in [5.41, 5.74) is 3.67. The molecule has 0 spiro atoms. The van der Waals surface area contributed by atoms with E-state index in [4.69, 9.17) is 18.9 Å². The molecule has 0 amide bonds. The van der Waals surface area contributed by atoms with Gasteiger partial charge in [-0.15, -0.1) is 5.10 Å². The molecule has 0 saturated carbocycles. The Morgan fingerprint density at radius 2 is 1.82 bits per heavy atom. The number of hydrogen-bond donors (Lipinski definition) is 0. The van der Waals surface area contributed by atoms with E-state index in [2.05, 4.69) is 46.5 Å². The van der Waals surface area contributed by atoms with Gasteiger partial charge < -0.3 is 13.9 Å². The van der Waals surface area contributed by atoms with Gasteiger partial charge in [0.25, 0.3) is 0 Å². The Balaban J connectivity index is 1.52. The summed E-state index contributed by atoms with van der Waals surface area (Å²) in [6.07, 6.45) is 3.24. The lowest BCUT2D eigenvalue weighted by Crippen LogP contribution is -2.15. The fourth-order valence-electron chi connectivity index (χ4n) is 4.70. The maximum atomic E-state index is 6.46. The topological polar surface area (TPSA) is 74.7 Å². The van der Waals surface area contributed by atoms with Gasteiger partial charge in [0, 0.05) is 16.9 Å². The van der Waals surface area contributed by atoms with Gasteiger partial charge in [-0.1, -0.05) is 48.5 Å². The van der Waals surface area contributed by atoms with Gasteiger partial charge in [-0.3, -0.25) is 0 Å². The average molecular weight is 446 g/mol. The molecule has 34 heavy (non-hydrogen) atoms. The predicted molar refractivity (Wildman–Crippen MR) is 126 cm³/mol. The highest BCUT2D eigenvalue weighted by Crippen LogP contribution is 2.50. The summed E-state index contributed by atoms with van der Waals surface area (Å²) in [5, 5.41) is 6.76. The lowest BCUT2D eigenvalue weighted by Gasteiger charge is -2.28. The van der Waals surface area contributed by atoms with Crippen LogP contribution >= 0.6 is 0 Å². The zero-order valence-electron chi connectivity index (χ0n) is 18.2. The Morgan fingerprint density at radius 1 is 0.941 bits per heavy atom. The van der Waals surface area contributed by atoms with E-state index in [1.807, 2.05) is 36.4 Å². The van der Waals surface area contributed by atoms with Gasteiger partial charge in [0.1, 0.15) is 17.8 Å². The van der Waals surface area contributed by atoms with Gasteiger partial charge >= 0.3 is 0 Å². The van der Waals surface area contributed by atoms with Crippen molar-refractivity contribution in [2.45, 2.75) is 5.92 Å². The second-order valence-electron chi connectivity index (χ2n) is 8.16. The van der Waals surface area contributed by atoms with Crippen LogP contribution in [0.2, 0.25) is 0 Å². The number of fused-ring (bicyclic) bond motifs is 6. The molecular weight excluding hydrogens is 428 g/mol. The van der Waals surface area contributed by atoms with Crippen molar-refractivity contribution in [3.8, 4) is 29.0 Å². The smallest absolute Gasteiger partial charge is 0.228 e. The van der Waals surface area contributed by atoms with E-state index in [9.17, 15) is 0 Å². The Morgan fingerprint density at radius 3 is 2.65 bits per heavy atom. The van der Waals surface area contributed by atoms with Crippen LogP contribution in [0.4, 0.5) is 0 Å². The summed E-state index contributed by atoms with van der Waals surface area (Å²) in [7, 11) is 1.67. The van der Waals surface area contributed by atoms with Crippen LogP contribution < -0.4 is 9.47 Å². The number of aromatic nitrogens is 4. The Hall–Kier alpha value is -4.65. The van der Waals surface area contributed by atoms with Gasteiger partial charge in [-0.2, -0.15) is 0 Å². The van der Waals surface area contributed by atoms with Crippen molar-refractivity contribution < 1.29 is 13.9 Å². The molecule has 0 radical (unpaired) electrons. The van der Waals surface area contributed by atoms with Crippen molar-refractivity contribution >= 4 is 16.4 Å².